The number of esters is 1. The van der Waals surface area contributed by atoms with Gasteiger partial charge in [0, 0.05) is 5.69 Å². The van der Waals surface area contributed by atoms with Gasteiger partial charge in [-0.05, 0) is 35.9 Å². The number of carbonyl (C=O) groups excluding carboxylic acids is 2. The summed E-state index contributed by atoms with van der Waals surface area (Å²) in [5, 5.41) is 11.5. The fourth-order valence-electron chi connectivity index (χ4n) is 2.48. The van der Waals surface area contributed by atoms with Crippen LogP contribution in [0, 0.1) is 11.3 Å². The first-order valence-corrected chi connectivity index (χ1v) is 7.86. The summed E-state index contributed by atoms with van der Waals surface area (Å²) in [5.74, 6) is -1.42. The predicted molar refractivity (Wildman–Crippen MR) is 92.8 cm³/mol. The monoisotopic (exact) mass is 392 g/mol. The second-order valence-electron chi connectivity index (χ2n) is 5.61. The summed E-state index contributed by atoms with van der Waals surface area (Å²) in [6, 6.07) is 9.00. The molecule has 0 aromatic heterocycles. The van der Waals surface area contributed by atoms with Gasteiger partial charge >= 0.3 is 12.1 Å². The van der Waals surface area contributed by atoms with Crippen LogP contribution in [0.2, 0.25) is 0 Å². The van der Waals surface area contributed by atoms with Crippen LogP contribution in [0.4, 0.5) is 18.9 Å². The van der Waals surface area contributed by atoms with Gasteiger partial charge in [-0.3, -0.25) is 4.79 Å². The third-order valence-corrected chi connectivity index (χ3v) is 3.80. The van der Waals surface area contributed by atoms with Crippen LogP contribution >= 0.6 is 0 Å². The Morgan fingerprint density at radius 2 is 1.86 bits per heavy atom. The van der Waals surface area contributed by atoms with Crippen molar-refractivity contribution in [2.75, 3.05) is 19.5 Å². The number of rotatable bonds is 5. The Bertz CT molecular complexity index is 949. The summed E-state index contributed by atoms with van der Waals surface area (Å²) in [4.78, 5) is 23.8. The molecule has 9 heteroatoms. The molecule has 0 aliphatic rings. The zero-order valence-corrected chi connectivity index (χ0v) is 14.9. The van der Waals surface area contributed by atoms with Gasteiger partial charge in [-0.2, -0.15) is 18.4 Å². The zero-order chi connectivity index (χ0) is 20.9. The van der Waals surface area contributed by atoms with E-state index in [9.17, 15) is 22.8 Å². The number of methoxy groups -OCH3 is 2. The molecule has 2 aromatic carbocycles. The molecule has 1 amide bonds. The van der Waals surface area contributed by atoms with Gasteiger partial charge in [-0.25, -0.2) is 4.79 Å². The number of nitriles is 1. The second-order valence-corrected chi connectivity index (χ2v) is 5.61. The summed E-state index contributed by atoms with van der Waals surface area (Å²) in [7, 11) is 2.40. The number of carbonyl (C=O) groups is 2. The molecule has 0 saturated heterocycles. The first kappa shape index (κ1) is 20.8. The van der Waals surface area contributed by atoms with E-state index in [1.54, 1.807) is 6.07 Å². The minimum atomic E-state index is -4.65. The SMILES string of the molecule is COC(=O)c1ccc(NC(=O)Cc2ccc(OC)cc2C(F)(F)F)cc1C#N. The Hall–Kier alpha value is -3.54. The van der Waals surface area contributed by atoms with Crippen molar-refractivity contribution in [1.82, 2.24) is 0 Å². The van der Waals surface area contributed by atoms with Gasteiger partial charge < -0.3 is 14.8 Å². The van der Waals surface area contributed by atoms with Crippen molar-refractivity contribution in [1.29, 1.82) is 5.26 Å². The number of alkyl halides is 3. The standard InChI is InChI=1S/C19H15F3N2O4/c1-27-14-5-3-11(16(9-14)19(20,21)22)8-17(25)24-13-4-6-15(18(26)28-2)12(7-13)10-23/h3-7,9H,8H2,1-2H3,(H,24,25). The maximum Gasteiger partial charge on any atom is 0.416 e. The summed E-state index contributed by atoms with van der Waals surface area (Å²) >= 11 is 0. The van der Waals surface area contributed by atoms with Crippen LogP contribution in [0.15, 0.2) is 36.4 Å². The highest BCUT2D eigenvalue weighted by atomic mass is 19.4. The van der Waals surface area contributed by atoms with Crippen LogP contribution in [0.1, 0.15) is 27.0 Å². The van der Waals surface area contributed by atoms with E-state index in [4.69, 9.17) is 10.00 Å². The molecule has 0 unspecified atom stereocenters. The minimum Gasteiger partial charge on any atom is -0.497 e. The van der Waals surface area contributed by atoms with Crippen LogP contribution in [0.25, 0.3) is 0 Å². The Labute approximate surface area is 158 Å². The topological polar surface area (TPSA) is 88.4 Å². The number of hydrogen-bond donors (Lipinski definition) is 1. The molecule has 0 atom stereocenters. The second kappa shape index (κ2) is 8.43. The van der Waals surface area contributed by atoms with E-state index in [1.807, 2.05) is 0 Å². The molecular weight excluding hydrogens is 377 g/mol. The number of halogens is 3. The maximum atomic E-state index is 13.2. The molecule has 1 N–H and O–H groups in total. The minimum absolute atomic E-state index is 0.0116. The molecule has 0 heterocycles. The molecule has 2 aromatic rings. The third-order valence-electron chi connectivity index (χ3n) is 3.80. The van der Waals surface area contributed by atoms with Crippen molar-refractivity contribution in [2.24, 2.45) is 0 Å². The quantitative estimate of drug-likeness (QED) is 0.786. The van der Waals surface area contributed by atoms with Crippen LogP contribution in [0.5, 0.6) is 5.75 Å². The highest BCUT2D eigenvalue weighted by Gasteiger charge is 2.34. The molecule has 0 aliphatic heterocycles. The van der Waals surface area contributed by atoms with Crippen molar-refractivity contribution in [3.63, 3.8) is 0 Å². The molecule has 0 fully saturated rings. The summed E-state index contributed by atoms with van der Waals surface area (Å²) < 4.78 is 49.0. The Morgan fingerprint density at radius 1 is 1.14 bits per heavy atom. The number of ether oxygens (including phenoxy) is 2. The van der Waals surface area contributed by atoms with E-state index in [0.717, 1.165) is 13.2 Å². The Kier molecular flexibility index (Phi) is 6.26. The average Bonchev–Trinajstić information content (AvgIpc) is 2.66. The fourth-order valence-corrected chi connectivity index (χ4v) is 2.48. The van der Waals surface area contributed by atoms with Gasteiger partial charge in [0.05, 0.1) is 37.3 Å². The zero-order valence-electron chi connectivity index (χ0n) is 14.9. The highest BCUT2D eigenvalue weighted by Crippen LogP contribution is 2.34. The number of nitrogens with one attached hydrogen (secondary N) is 1. The lowest BCUT2D eigenvalue weighted by atomic mass is 10.0. The Morgan fingerprint density at radius 3 is 2.43 bits per heavy atom. The number of nitrogens with zero attached hydrogens (tertiary/aromatic N) is 1. The van der Waals surface area contributed by atoms with Crippen molar-refractivity contribution >= 4 is 17.6 Å². The lowest BCUT2D eigenvalue weighted by Crippen LogP contribution is -2.18. The molecule has 0 radical (unpaired) electrons. The maximum absolute atomic E-state index is 13.2. The average molecular weight is 392 g/mol. The van der Waals surface area contributed by atoms with Crippen LogP contribution in [-0.4, -0.2) is 26.1 Å². The van der Waals surface area contributed by atoms with E-state index in [0.29, 0.717) is 0 Å². The van der Waals surface area contributed by atoms with E-state index >= 15 is 0 Å². The summed E-state index contributed by atoms with van der Waals surface area (Å²) in [6.45, 7) is 0. The first-order valence-electron chi connectivity index (χ1n) is 7.86. The predicted octanol–water partition coefficient (Wildman–Crippen LogP) is 3.55. The lowest BCUT2D eigenvalue weighted by molar-refractivity contribution is -0.138. The molecule has 28 heavy (non-hydrogen) atoms. The smallest absolute Gasteiger partial charge is 0.416 e. The van der Waals surface area contributed by atoms with Crippen molar-refractivity contribution in [3.8, 4) is 11.8 Å². The summed E-state index contributed by atoms with van der Waals surface area (Å²) in [6.07, 6.45) is -5.19. The van der Waals surface area contributed by atoms with E-state index in [2.05, 4.69) is 10.1 Å². The number of hydrogen-bond acceptors (Lipinski definition) is 5. The molecule has 0 spiro atoms. The normalized spacial score (nSPS) is 10.7. The highest BCUT2D eigenvalue weighted by molar-refractivity contribution is 5.95. The molecule has 0 aliphatic carbocycles. The number of amides is 1. The van der Waals surface area contributed by atoms with Crippen molar-refractivity contribution < 1.29 is 32.2 Å². The largest absolute Gasteiger partial charge is 0.497 e. The van der Waals surface area contributed by atoms with Gasteiger partial charge in [-0.1, -0.05) is 6.07 Å². The molecule has 0 saturated carbocycles. The fraction of sp³-hybridized carbons (Fsp3) is 0.211. The molecule has 0 bridgehead atoms. The molecule has 6 nitrogen and oxygen atoms in total. The Balaban J connectivity index is 2.24. The van der Waals surface area contributed by atoms with Crippen molar-refractivity contribution in [2.45, 2.75) is 12.6 Å². The van der Waals surface area contributed by atoms with Crippen LogP contribution < -0.4 is 10.1 Å². The van der Waals surface area contributed by atoms with Crippen LogP contribution in [-0.2, 0) is 22.1 Å². The molecule has 2 rings (SSSR count). The number of anilines is 1. The van der Waals surface area contributed by atoms with Gasteiger partial charge in [0.2, 0.25) is 5.91 Å². The van der Waals surface area contributed by atoms with E-state index < -0.39 is 30.0 Å². The van der Waals surface area contributed by atoms with Gasteiger partial charge in [-0.15, -0.1) is 0 Å². The van der Waals surface area contributed by atoms with Gasteiger partial charge in [0.25, 0.3) is 0 Å². The molecule has 146 valence electrons. The van der Waals surface area contributed by atoms with Crippen LogP contribution in [0.3, 0.4) is 0 Å². The first-order chi connectivity index (χ1) is 13.2. The lowest BCUT2D eigenvalue weighted by Gasteiger charge is -2.14. The van der Waals surface area contributed by atoms with Gasteiger partial charge in [0.1, 0.15) is 11.8 Å². The van der Waals surface area contributed by atoms with Crippen molar-refractivity contribution in [3.05, 3.63) is 58.7 Å². The van der Waals surface area contributed by atoms with E-state index in [-0.39, 0.29) is 28.1 Å². The van der Waals surface area contributed by atoms with Gasteiger partial charge in [0.15, 0.2) is 0 Å². The van der Waals surface area contributed by atoms with E-state index in [1.165, 1.54) is 37.4 Å². The number of benzene rings is 2. The molecular formula is C19H15F3N2O4. The third kappa shape index (κ3) is 4.79. The summed E-state index contributed by atoms with van der Waals surface area (Å²) in [5.41, 5.74) is -1.06.